The van der Waals surface area contributed by atoms with Gasteiger partial charge in [-0.1, -0.05) is 12.1 Å². The highest BCUT2D eigenvalue weighted by atomic mass is 127. The number of benzene rings is 1. The smallest absolute Gasteiger partial charge is 0.191 e. The molecule has 1 atom stereocenters. The van der Waals surface area contributed by atoms with Crippen molar-refractivity contribution in [2.45, 2.75) is 26.4 Å². The molecule has 0 amide bonds. The molecular weight excluding hydrogens is 473 g/mol. The van der Waals surface area contributed by atoms with E-state index in [2.05, 4.69) is 31.6 Å². The third kappa shape index (κ3) is 10.0. The summed E-state index contributed by atoms with van der Waals surface area (Å²) in [6, 6.07) is 7.83. The van der Waals surface area contributed by atoms with Gasteiger partial charge in [-0.15, -0.1) is 24.0 Å². The van der Waals surface area contributed by atoms with Crippen LogP contribution in [0.1, 0.15) is 20.3 Å². The fraction of sp³-hybridized carbons (Fsp3) is 0.562. The first kappa shape index (κ1) is 22.5. The van der Waals surface area contributed by atoms with Gasteiger partial charge in [-0.2, -0.15) is 0 Å². The van der Waals surface area contributed by atoms with Gasteiger partial charge in [-0.05, 0) is 48.3 Å². The Bertz CT molecular complexity index is 461. The van der Waals surface area contributed by atoms with Crippen LogP contribution in [0.4, 0.5) is 0 Å². The van der Waals surface area contributed by atoms with E-state index in [0.29, 0.717) is 6.54 Å². The van der Waals surface area contributed by atoms with E-state index in [1.807, 2.05) is 38.1 Å². The molecule has 1 unspecified atom stereocenters. The van der Waals surface area contributed by atoms with Crippen LogP contribution in [0.2, 0.25) is 0 Å². The first-order valence-electron chi connectivity index (χ1n) is 7.59. The molecule has 1 aromatic rings. The number of guanidine groups is 1. The summed E-state index contributed by atoms with van der Waals surface area (Å²) in [7, 11) is 1.71. The lowest BCUT2D eigenvalue weighted by molar-refractivity contribution is 0.195. The molecule has 0 saturated carbocycles. The third-order valence-electron chi connectivity index (χ3n) is 2.83. The maximum atomic E-state index is 5.89. The maximum Gasteiger partial charge on any atom is 0.191 e. The fourth-order valence-corrected chi connectivity index (χ4v) is 2.16. The Hall–Kier alpha value is -0.540. The summed E-state index contributed by atoms with van der Waals surface area (Å²) in [4.78, 5) is 4.55. The van der Waals surface area contributed by atoms with Crippen molar-refractivity contribution < 1.29 is 9.47 Å². The number of aliphatic imine (C=N–C) groups is 1. The van der Waals surface area contributed by atoms with E-state index < -0.39 is 0 Å². The highest BCUT2D eigenvalue weighted by molar-refractivity contribution is 14.0. The maximum absolute atomic E-state index is 5.89. The Balaban J connectivity index is 0.00000484. The lowest BCUT2D eigenvalue weighted by Crippen LogP contribution is -2.38. The van der Waals surface area contributed by atoms with Crippen molar-refractivity contribution in [1.82, 2.24) is 10.6 Å². The van der Waals surface area contributed by atoms with Crippen LogP contribution in [0.15, 0.2) is 33.7 Å². The number of hydrogen-bond donors (Lipinski definition) is 2. The van der Waals surface area contributed by atoms with E-state index in [1.54, 1.807) is 7.11 Å². The molecule has 0 aliphatic heterocycles. The zero-order valence-electron chi connectivity index (χ0n) is 14.0. The molecule has 23 heavy (non-hydrogen) atoms. The van der Waals surface area contributed by atoms with Crippen LogP contribution in [-0.4, -0.2) is 45.4 Å². The molecule has 0 fully saturated rings. The Morgan fingerprint density at radius 2 is 2.04 bits per heavy atom. The number of para-hydroxylation sites is 1. The monoisotopic (exact) mass is 499 g/mol. The van der Waals surface area contributed by atoms with Crippen molar-refractivity contribution in [3.8, 4) is 5.75 Å². The molecule has 0 spiro atoms. The molecule has 5 nitrogen and oxygen atoms in total. The summed E-state index contributed by atoms with van der Waals surface area (Å²) in [5.41, 5.74) is 0. The SMILES string of the molecule is CCNC(=NCC(C)Oc1ccccc1Br)NCCCOC.I. The van der Waals surface area contributed by atoms with Gasteiger partial charge >= 0.3 is 0 Å². The zero-order valence-corrected chi connectivity index (χ0v) is 17.9. The Labute approximate surface area is 164 Å². The number of nitrogens with zero attached hydrogens (tertiary/aromatic N) is 1. The molecule has 132 valence electrons. The van der Waals surface area contributed by atoms with Gasteiger partial charge in [0.05, 0.1) is 11.0 Å². The second-order valence-corrected chi connectivity index (χ2v) is 5.71. The standard InChI is InChI=1S/C16H26BrN3O2.HI/c1-4-18-16(19-10-7-11-21-3)20-12-13(2)22-15-9-6-5-8-14(15)17;/h5-6,8-9,13H,4,7,10-12H2,1-3H3,(H2,18,19,20);1H. The van der Waals surface area contributed by atoms with E-state index >= 15 is 0 Å². The molecule has 0 saturated heterocycles. The number of ether oxygens (including phenoxy) is 2. The Kier molecular flexibility index (Phi) is 13.5. The van der Waals surface area contributed by atoms with Gasteiger partial charge in [0.25, 0.3) is 0 Å². The number of methoxy groups -OCH3 is 1. The quantitative estimate of drug-likeness (QED) is 0.236. The molecule has 7 heteroatoms. The van der Waals surface area contributed by atoms with Crippen LogP contribution >= 0.6 is 39.9 Å². The predicted molar refractivity (Wildman–Crippen MR) is 110 cm³/mol. The molecule has 0 aliphatic rings. The molecule has 0 heterocycles. The first-order chi connectivity index (χ1) is 10.7. The van der Waals surface area contributed by atoms with Crippen LogP contribution in [0.25, 0.3) is 0 Å². The Morgan fingerprint density at radius 1 is 1.30 bits per heavy atom. The van der Waals surface area contributed by atoms with Gasteiger partial charge in [0.2, 0.25) is 0 Å². The topological polar surface area (TPSA) is 54.9 Å². The van der Waals surface area contributed by atoms with Crippen molar-refractivity contribution in [2.24, 2.45) is 4.99 Å². The summed E-state index contributed by atoms with van der Waals surface area (Å²) in [6.07, 6.45) is 0.942. The number of rotatable bonds is 9. The summed E-state index contributed by atoms with van der Waals surface area (Å²) in [5, 5.41) is 6.50. The number of hydrogen-bond acceptors (Lipinski definition) is 3. The lowest BCUT2D eigenvalue weighted by atomic mass is 10.3. The van der Waals surface area contributed by atoms with Gasteiger partial charge in [0, 0.05) is 26.8 Å². The largest absolute Gasteiger partial charge is 0.488 e. The lowest BCUT2D eigenvalue weighted by Gasteiger charge is -2.16. The minimum absolute atomic E-state index is 0. The first-order valence-corrected chi connectivity index (χ1v) is 8.39. The van der Waals surface area contributed by atoms with E-state index in [0.717, 1.165) is 42.3 Å². The molecule has 1 aromatic carbocycles. The molecule has 0 radical (unpaired) electrons. The zero-order chi connectivity index (χ0) is 16.2. The van der Waals surface area contributed by atoms with Gasteiger partial charge in [-0.3, -0.25) is 0 Å². The van der Waals surface area contributed by atoms with Crippen LogP contribution in [-0.2, 0) is 4.74 Å². The molecular formula is C16H27BrIN3O2. The van der Waals surface area contributed by atoms with E-state index in [-0.39, 0.29) is 30.1 Å². The van der Waals surface area contributed by atoms with Crippen LogP contribution in [0, 0.1) is 0 Å². The van der Waals surface area contributed by atoms with Gasteiger partial charge in [-0.25, -0.2) is 4.99 Å². The molecule has 2 N–H and O–H groups in total. The van der Waals surface area contributed by atoms with E-state index in [4.69, 9.17) is 9.47 Å². The van der Waals surface area contributed by atoms with Gasteiger partial charge in [0.1, 0.15) is 11.9 Å². The van der Waals surface area contributed by atoms with Gasteiger partial charge < -0.3 is 20.1 Å². The average molecular weight is 500 g/mol. The molecule has 0 aliphatic carbocycles. The summed E-state index contributed by atoms with van der Waals surface area (Å²) >= 11 is 3.48. The number of halogens is 2. The molecule has 0 bridgehead atoms. The summed E-state index contributed by atoms with van der Waals surface area (Å²) < 4.78 is 11.9. The molecule has 0 aromatic heterocycles. The minimum atomic E-state index is -0.00636. The van der Waals surface area contributed by atoms with Gasteiger partial charge in [0.15, 0.2) is 5.96 Å². The minimum Gasteiger partial charge on any atom is -0.488 e. The Morgan fingerprint density at radius 3 is 2.70 bits per heavy atom. The van der Waals surface area contributed by atoms with Crippen LogP contribution < -0.4 is 15.4 Å². The third-order valence-corrected chi connectivity index (χ3v) is 3.49. The number of nitrogens with one attached hydrogen (secondary N) is 2. The van der Waals surface area contributed by atoms with Crippen molar-refractivity contribution in [1.29, 1.82) is 0 Å². The van der Waals surface area contributed by atoms with Crippen molar-refractivity contribution in [3.05, 3.63) is 28.7 Å². The normalized spacial score (nSPS) is 12.3. The second kappa shape index (κ2) is 13.9. The van der Waals surface area contributed by atoms with Crippen LogP contribution in [0.5, 0.6) is 5.75 Å². The average Bonchev–Trinajstić information content (AvgIpc) is 2.51. The molecule has 1 rings (SSSR count). The van der Waals surface area contributed by atoms with Crippen molar-refractivity contribution >= 4 is 45.9 Å². The van der Waals surface area contributed by atoms with Crippen molar-refractivity contribution in [2.75, 3.05) is 33.4 Å². The van der Waals surface area contributed by atoms with E-state index in [1.165, 1.54) is 0 Å². The summed E-state index contributed by atoms with van der Waals surface area (Å²) in [6.45, 7) is 7.05. The predicted octanol–water partition coefficient (Wildman–Crippen LogP) is 3.43. The fourth-order valence-electron chi connectivity index (χ4n) is 1.78. The van der Waals surface area contributed by atoms with Crippen LogP contribution in [0.3, 0.4) is 0 Å². The van der Waals surface area contributed by atoms with Crippen molar-refractivity contribution in [3.63, 3.8) is 0 Å². The highest BCUT2D eigenvalue weighted by Gasteiger charge is 2.06. The summed E-state index contributed by atoms with van der Waals surface area (Å²) in [5.74, 6) is 1.64. The van der Waals surface area contributed by atoms with E-state index in [9.17, 15) is 0 Å². The second-order valence-electron chi connectivity index (χ2n) is 4.85. The highest BCUT2D eigenvalue weighted by Crippen LogP contribution is 2.24.